The quantitative estimate of drug-likeness (QED) is 0.654. The number of benzene rings is 3. The van der Waals surface area contributed by atoms with E-state index >= 15 is 0 Å². The van der Waals surface area contributed by atoms with Gasteiger partial charge >= 0.3 is 0 Å². The van der Waals surface area contributed by atoms with Gasteiger partial charge in [-0.05, 0) is 56.2 Å². The maximum absolute atomic E-state index is 12.9. The fourth-order valence-corrected chi connectivity index (χ4v) is 5.88. The molecule has 29 heavy (non-hydrogen) atoms. The summed E-state index contributed by atoms with van der Waals surface area (Å²) >= 11 is 0. The molecule has 0 atom stereocenters. The molecule has 3 aromatic carbocycles. The summed E-state index contributed by atoms with van der Waals surface area (Å²) in [6.07, 6.45) is 0. The molecular formula is C21H20N2O4S2. The molecule has 8 heteroatoms. The van der Waals surface area contributed by atoms with E-state index in [1.54, 1.807) is 62.4 Å². The molecule has 1 aliphatic rings. The largest absolute Gasteiger partial charge is 0.279 e. The van der Waals surface area contributed by atoms with Crippen LogP contribution in [-0.2, 0) is 20.0 Å². The molecule has 150 valence electrons. The van der Waals surface area contributed by atoms with Gasteiger partial charge < -0.3 is 0 Å². The molecule has 0 aliphatic carbocycles. The Balaban J connectivity index is 1.87. The smallest absolute Gasteiger partial charge is 0.262 e. The molecule has 6 nitrogen and oxygen atoms in total. The Morgan fingerprint density at radius 2 is 1.52 bits per heavy atom. The predicted octanol–water partition coefficient (Wildman–Crippen LogP) is 4.19. The third kappa shape index (κ3) is 3.28. The summed E-state index contributed by atoms with van der Waals surface area (Å²) in [4.78, 5) is 0.335. The van der Waals surface area contributed by atoms with Gasteiger partial charge in [0.05, 0.1) is 21.2 Å². The van der Waals surface area contributed by atoms with E-state index in [1.807, 2.05) is 6.92 Å². The third-order valence-electron chi connectivity index (χ3n) is 5.18. The van der Waals surface area contributed by atoms with Gasteiger partial charge in [0.1, 0.15) is 0 Å². The third-order valence-corrected chi connectivity index (χ3v) is 7.97. The van der Waals surface area contributed by atoms with Crippen LogP contribution in [0, 0.1) is 20.8 Å². The van der Waals surface area contributed by atoms with Gasteiger partial charge in [0.15, 0.2) is 0 Å². The molecule has 0 radical (unpaired) electrons. The highest BCUT2D eigenvalue weighted by Gasteiger charge is 2.30. The number of anilines is 2. The van der Waals surface area contributed by atoms with E-state index in [2.05, 4.69) is 9.44 Å². The van der Waals surface area contributed by atoms with Gasteiger partial charge in [0.2, 0.25) is 0 Å². The van der Waals surface area contributed by atoms with Gasteiger partial charge in [-0.3, -0.25) is 9.44 Å². The first kappa shape index (κ1) is 19.5. The zero-order valence-corrected chi connectivity index (χ0v) is 17.8. The van der Waals surface area contributed by atoms with E-state index in [0.717, 1.165) is 5.56 Å². The SMILES string of the molecule is Cc1ccc(S(=O)(=O)Nc2cc3c(c(C)c2C)NS(=O)(=O)c2ccccc2-3)cc1. The topological polar surface area (TPSA) is 92.3 Å². The van der Waals surface area contributed by atoms with Crippen molar-refractivity contribution < 1.29 is 16.8 Å². The highest BCUT2D eigenvalue weighted by atomic mass is 32.2. The zero-order chi connectivity index (χ0) is 21.0. The summed E-state index contributed by atoms with van der Waals surface area (Å²) in [7, 11) is -7.46. The van der Waals surface area contributed by atoms with Crippen LogP contribution in [0.15, 0.2) is 64.4 Å². The van der Waals surface area contributed by atoms with Gasteiger partial charge in [-0.25, -0.2) is 16.8 Å². The lowest BCUT2D eigenvalue weighted by Gasteiger charge is -2.26. The average Bonchev–Trinajstić information content (AvgIpc) is 2.67. The van der Waals surface area contributed by atoms with E-state index in [1.165, 1.54) is 6.07 Å². The Morgan fingerprint density at radius 1 is 0.862 bits per heavy atom. The molecule has 0 saturated heterocycles. The van der Waals surface area contributed by atoms with Crippen molar-refractivity contribution in [3.63, 3.8) is 0 Å². The summed E-state index contributed by atoms with van der Waals surface area (Å²) in [5.74, 6) is 0. The van der Waals surface area contributed by atoms with E-state index in [9.17, 15) is 16.8 Å². The van der Waals surface area contributed by atoms with Gasteiger partial charge in [0, 0.05) is 11.1 Å². The van der Waals surface area contributed by atoms with Crippen molar-refractivity contribution >= 4 is 31.4 Å². The molecule has 0 aromatic heterocycles. The molecule has 0 spiro atoms. The lowest BCUT2D eigenvalue weighted by molar-refractivity contribution is 0.599. The van der Waals surface area contributed by atoms with Crippen LogP contribution in [0.1, 0.15) is 16.7 Å². The minimum atomic E-state index is -3.78. The molecule has 0 amide bonds. The normalized spacial score (nSPS) is 14.4. The van der Waals surface area contributed by atoms with Crippen molar-refractivity contribution in [2.45, 2.75) is 30.6 Å². The summed E-state index contributed by atoms with van der Waals surface area (Å²) in [6, 6.07) is 15.0. The number of aryl methyl sites for hydroxylation is 1. The lowest BCUT2D eigenvalue weighted by Crippen LogP contribution is -2.21. The second-order valence-electron chi connectivity index (χ2n) is 7.12. The zero-order valence-electron chi connectivity index (χ0n) is 16.1. The minimum Gasteiger partial charge on any atom is -0.279 e. The van der Waals surface area contributed by atoms with Crippen molar-refractivity contribution in [3.8, 4) is 11.1 Å². The molecule has 0 unspecified atom stereocenters. The Hall–Kier alpha value is -2.84. The maximum atomic E-state index is 12.9. The van der Waals surface area contributed by atoms with E-state index < -0.39 is 20.0 Å². The van der Waals surface area contributed by atoms with Gasteiger partial charge in [0.25, 0.3) is 20.0 Å². The monoisotopic (exact) mass is 428 g/mol. The standard InChI is InChI=1S/C21H20N2O4S2/c1-13-8-10-16(11-9-13)28(24,25)22-19-12-18-17-6-4-5-7-20(17)29(26,27)23-21(18)15(3)14(19)2/h4-12,22-23H,1-3H3. The molecule has 3 aromatic rings. The van der Waals surface area contributed by atoms with Crippen LogP contribution in [0.25, 0.3) is 11.1 Å². The lowest BCUT2D eigenvalue weighted by atomic mass is 9.96. The maximum Gasteiger partial charge on any atom is 0.262 e. The molecule has 4 rings (SSSR count). The molecule has 1 heterocycles. The van der Waals surface area contributed by atoms with E-state index in [0.29, 0.717) is 33.6 Å². The van der Waals surface area contributed by atoms with Crippen molar-refractivity contribution in [1.82, 2.24) is 0 Å². The van der Waals surface area contributed by atoms with Crippen LogP contribution >= 0.6 is 0 Å². The van der Waals surface area contributed by atoms with Crippen LogP contribution in [0.5, 0.6) is 0 Å². The summed E-state index contributed by atoms with van der Waals surface area (Å²) in [6.45, 7) is 5.42. The Kier molecular flexibility index (Phi) is 4.43. The first-order valence-electron chi connectivity index (χ1n) is 8.96. The Bertz CT molecular complexity index is 1340. The molecule has 0 bridgehead atoms. The molecule has 1 aliphatic heterocycles. The molecule has 0 fully saturated rings. The highest BCUT2D eigenvalue weighted by molar-refractivity contribution is 7.93. The summed E-state index contributed by atoms with van der Waals surface area (Å²) in [5, 5.41) is 0. The van der Waals surface area contributed by atoms with Crippen LogP contribution in [0.3, 0.4) is 0 Å². The van der Waals surface area contributed by atoms with Gasteiger partial charge in [-0.1, -0.05) is 35.9 Å². The van der Waals surface area contributed by atoms with Crippen molar-refractivity contribution in [2.24, 2.45) is 0 Å². The van der Waals surface area contributed by atoms with Gasteiger partial charge in [-0.2, -0.15) is 0 Å². The first-order chi connectivity index (χ1) is 13.6. The summed E-state index contributed by atoms with van der Waals surface area (Å²) < 4.78 is 56.2. The number of rotatable bonds is 3. The van der Waals surface area contributed by atoms with Crippen molar-refractivity contribution in [2.75, 3.05) is 9.44 Å². The van der Waals surface area contributed by atoms with E-state index in [-0.39, 0.29) is 9.79 Å². The average molecular weight is 429 g/mol. The number of sulfonamides is 2. The highest BCUT2D eigenvalue weighted by Crippen LogP contribution is 2.44. The minimum absolute atomic E-state index is 0.166. The van der Waals surface area contributed by atoms with E-state index in [4.69, 9.17) is 0 Å². The second-order valence-corrected chi connectivity index (χ2v) is 10.5. The fourth-order valence-electron chi connectivity index (χ4n) is 3.40. The van der Waals surface area contributed by atoms with Crippen LogP contribution in [0.4, 0.5) is 11.4 Å². The van der Waals surface area contributed by atoms with Crippen LogP contribution in [-0.4, -0.2) is 16.8 Å². The molecule has 2 N–H and O–H groups in total. The fraction of sp³-hybridized carbons (Fsp3) is 0.143. The first-order valence-corrected chi connectivity index (χ1v) is 11.9. The second kappa shape index (κ2) is 6.60. The number of fused-ring (bicyclic) bond motifs is 3. The Labute approximate surface area is 170 Å². The van der Waals surface area contributed by atoms with Gasteiger partial charge in [-0.15, -0.1) is 0 Å². The molecule has 0 saturated carbocycles. The van der Waals surface area contributed by atoms with Crippen molar-refractivity contribution in [1.29, 1.82) is 0 Å². The predicted molar refractivity (Wildman–Crippen MR) is 114 cm³/mol. The van der Waals surface area contributed by atoms with Crippen LogP contribution in [0.2, 0.25) is 0 Å². The Morgan fingerprint density at radius 3 is 2.21 bits per heavy atom. The summed E-state index contributed by atoms with van der Waals surface area (Å²) in [5.41, 5.74) is 4.36. The number of nitrogens with one attached hydrogen (secondary N) is 2. The number of hydrogen-bond donors (Lipinski definition) is 2. The van der Waals surface area contributed by atoms with Crippen molar-refractivity contribution in [3.05, 3.63) is 71.3 Å². The van der Waals surface area contributed by atoms with Crippen LogP contribution < -0.4 is 9.44 Å². The number of hydrogen-bond acceptors (Lipinski definition) is 4. The molecular weight excluding hydrogens is 408 g/mol.